The van der Waals surface area contributed by atoms with Gasteiger partial charge in [-0.05, 0) is 55.0 Å². The second-order valence-electron chi connectivity index (χ2n) is 5.24. The van der Waals surface area contributed by atoms with Crippen LogP contribution in [0.5, 0.6) is 0 Å². The van der Waals surface area contributed by atoms with Crippen LogP contribution in [0.25, 0.3) is 0 Å². The highest BCUT2D eigenvalue weighted by Gasteiger charge is 2.05. The Morgan fingerprint density at radius 2 is 1.58 bits per heavy atom. The van der Waals surface area contributed by atoms with Crippen molar-refractivity contribution in [2.24, 2.45) is 0 Å². The number of nitrogens with one attached hydrogen (secondary N) is 3. The molecule has 5 nitrogen and oxygen atoms in total. The van der Waals surface area contributed by atoms with Crippen molar-refractivity contribution < 1.29 is 9.59 Å². The summed E-state index contributed by atoms with van der Waals surface area (Å²) in [5.41, 5.74) is 2.06. The van der Waals surface area contributed by atoms with E-state index >= 15 is 0 Å². The Morgan fingerprint density at radius 3 is 2.21 bits per heavy atom. The summed E-state index contributed by atoms with van der Waals surface area (Å²) in [6.07, 6.45) is 0.897. The van der Waals surface area contributed by atoms with Crippen LogP contribution >= 0.6 is 11.6 Å². The third kappa shape index (κ3) is 5.59. The summed E-state index contributed by atoms with van der Waals surface area (Å²) < 4.78 is 0. The molecule has 0 atom stereocenters. The third-order valence-corrected chi connectivity index (χ3v) is 3.52. The third-order valence-electron chi connectivity index (χ3n) is 3.26. The minimum atomic E-state index is -0.165. The van der Waals surface area contributed by atoms with Crippen LogP contribution in [0, 0.1) is 0 Å². The van der Waals surface area contributed by atoms with E-state index in [4.69, 9.17) is 11.6 Å². The molecule has 0 aliphatic heterocycles. The lowest BCUT2D eigenvalue weighted by Crippen LogP contribution is -2.24. The van der Waals surface area contributed by atoms with Gasteiger partial charge in [-0.2, -0.15) is 0 Å². The molecule has 2 rings (SSSR count). The molecular weight excluding hydrogens is 326 g/mol. The molecule has 126 valence electrons. The zero-order valence-corrected chi connectivity index (χ0v) is 14.2. The second kappa shape index (κ2) is 8.93. The van der Waals surface area contributed by atoms with Gasteiger partial charge >= 0.3 is 0 Å². The van der Waals surface area contributed by atoms with Gasteiger partial charge in [-0.25, -0.2) is 0 Å². The molecule has 2 amide bonds. The van der Waals surface area contributed by atoms with Crippen LogP contribution in [0.1, 0.15) is 23.7 Å². The molecule has 6 heteroatoms. The van der Waals surface area contributed by atoms with Crippen molar-refractivity contribution in [2.75, 3.05) is 23.7 Å². The molecule has 0 aromatic heterocycles. The van der Waals surface area contributed by atoms with Crippen molar-refractivity contribution in [2.45, 2.75) is 13.3 Å². The molecule has 0 aliphatic carbocycles. The fraction of sp³-hybridized carbons (Fsp3) is 0.222. The Hall–Kier alpha value is -2.53. The van der Waals surface area contributed by atoms with Crippen molar-refractivity contribution in [3.63, 3.8) is 0 Å². The number of hydrogen-bond donors (Lipinski definition) is 3. The van der Waals surface area contributed by atoms with Gasteiger partial charge in [0.1, 0.15) is 0 Å². The first kappa shape index (κ1) is 17.8. The zero-order chi connectivity index (χ0) is 17.4. The van der Waals surface area contributed by atoms with Crippen LogP contribution < -0.4 is 16.0 Å². The maximum absolute atomic E-state index is 11.9. The molecule has 0 bridgehead atoms. The molecule has 0 unspecified atom stereocenters. The van der Waals surface area contributed by atoms with Gasteiger partial charge in [0.05, 0.1) is 6.54 Å². The number of benzene rings is 2. The second-order valence-corrected chi connectivity index (χ2v) is 5.68. The SMILES string of the molecule is CCCNC(=O)c1ccc(NCC(=O)Nc2ccc(Cl)cc2)cc1. The lowest BCUT2D eigenvalue weighted by molar-refractivity contribution is -0.114. The van der Waals surface area contributed by atoms with Crippen LogP contribution in [0.15, 0.2) is 48.5 Å². The van der Waals surface area contributed by atoms with Crippen LogP contribution in [-0.2, 0) is 4.79 Å². The van der Waals surface area contributed by atoms with Gasteiger partial charge in [-0.1, -0.05) is 18.5 Å². The number of carbonyl (C=O) groups is 2. The number of anilines is 2. The summed E-state index contributed by atoms with van der Waals surface area (Å²) in [7, 11) is 0. The van der Waals surface area contributed by atoms with Crippen LogP contribution in [-0.4, -0.2) is 24.9 Å². The zero-order valence-electron chi connectivity index (χ0n) is 13.4. The topological polar surface area (TPSA) is 70.2 Å². The first-order valence-electron chi connectivity index (χ1n) is 7.76. The van der Waals surface area contributed by atoms with Gasteiger partial charge in [-0.15, -0.1) is 0 Å². The normalized spacial score (nSPS) is 10.1. The van der Waals surface area contributed by atoms with E-state index in [1.165, 1.54) is 0 Å². The average molecular weight is 346 g/mol. The number of halogens is 1. The number of carbonyl (C=O) groups excluding carboxylic acids is 2. The summed E-state index contributed by atoms with van der Waals surface area (Å²) in [6.45, 7) is 2.79. The van der Waals surface area contributed by atoms with Gasteiger partial charge in [0.25, 0.3) is 5.91 Å². The Labute approximate surface area is 146 Å². The monoisotopic (exact) mass is 345 g/mol. The standard InChI is InChI=1S/C18H20ClN3O2/c1-2-11-20-18(24)13-3-7-15(8-4-13)21-12-17(23)22-16-9-5-14(19)6-10-16/h3-10,21H,2,11-12H2,1H3,(H,20,24)(H,22,23). The van der Waals surface area contributed by atoms with Crippen molar-refractivity contribution in [1.29, 1.82) is 0 Å². The van der Waals surface area contributed by atoms with E-state index in [0.29, 0.717) is 22.8 Å². The summed E-state index contributed by atoms with van der Waals surface area (Å²) in [5, 5.41) is 9.22. The van der Waals surface area contributed by atoms with E-state index in [1.54, 1.807) is 48.5 Å². The van der Waals surface area contributed by atoms with E-state index in [1.807, 2.05) is 6.92 Å². The fourth-order valence-electron chi connectivity index (χ4n) is 2.00. The van der Waals surface area contributed by atoms with Crippen LogP contribution in [0.2, 0.25) is 5.02 Å². The van der Waals surface area contributed by atoms with Gasteiger partial charge in [0, 0.05) is 28.5 Å². The molecule has 0 saturated heterocycles. The van der Waals surface area contributed by atoms with E-state index in [2.05, 4.69) is 16.0 Å². The van der Waals surface area contributed by atoms with Crippen molar-refractivity contribution >= 4 is 34.8 Å². The highest BCUT2D eigenvalue weighted by atomic mass is 35.5. The number of rotatable bonds is 7. The first-order chi connectivity index (χ1) is 11.6. The average Bonchev–Trinajstić information content (AvgIpc) is 2.60. The minimum Gasteiger partial charge on any atom is -0.376 e. The summed E-state index contributed by atoms with van der Waals surface area (Å²) in [4.78, 5) is 23.7. The maximum Gasteiger partial charge on any atom is 0.251 e. The lowest BCUT2D eigenvalue weighted by Gasteiger charge is -2.09. The fourth-order valence-corrected chi connectivity index (χ4v) is 2.13. The quantitative estimate of drug-likeness (QED) is 0.719. The Bertz CT molecular complexity index is 684. The molecule has 0 aliphatic rings. The Balaban J connectivity index is 1.82. The molecule has 0 fully saturated rings. The summed E-state index contributed by atoms with van der Waals surface area (Å²) in [6, 6.07) is 13.9. The molecule has 2 aromatic rings. The van der Waals surface area contributed by atoms with E-state index in [0.717, 1.165) is 12.1 Å². The molecule has 3 N–H and O–H groups in total. The van der Waals surface area contributed by atoms with E-state index in [9.17, 15) is 9.59 Å². The van der Waals surface area contributed by atoms with Crippen LogP contribution in [0.4, 0.5) is 11.4 Å². The van der Waals surface area contributed by atoms with Crippen molar-refractivity contribution in [1.82, 2.24) is 5.32 Å². The van der Waals surface area contributed by atoms with Crippen LogP contribution in [0.3, 0.4) is 0 Å². The molecule has 0 spiro atoms. The predicted molar refractivity (Wildman–Crippen MR) is 97.6 cm³/mol. The predicted octanol–water partition coefficient (Wildman–Crippen LogP) is 3.53. The van der Waals surface area contributed by atoms with E-state index < -0.39 is 0 Å². The van der Waals surface area contributed by atoms with Gasteiger partial charge in [-0.3, -0.25) is 9.59 Å². The molecule has 0 heterocycles. The lowest BCUT2D eigenvalue weighted by atomic mass is 10.2. The molecule has 0 saturated carbocycles. The molecule has 2 aromatic carbocycles. The van der Waals surface area contributed by atoms with Gasteiger partial charge in [0.15, 0.2) is 0 Å². The smallest absolute Gasteiger partial charge is 0.251 e. The molecule has 24 heavy (non-hydrogen) atoms. The summed E-state index contributed by atoms with van der Waals surface area (Å²) >= 11 is 5.80. The highest BCUT2D eigenvalue weighted by molar-refractivity contribution is 6.30. The number of amides is 2. The summed E-state index contributed by atoms with van der Waals surface area (Å²) in [5.74, 6) is -0.258. The van der Waals surface area contributed by atoms with Gasteiger partial charge in [0.2, 0.25) is 5.91 Å². The minimum absolute atomic E-state index is 0.0936. The first-order valence-corrected chi connectivity index (χ1v) is 8.14. The van der Waals surface area contributed by atoms with Gasteiger partial charge < -0.3 is 16.0 Å². The van der Waals surface area contributed by atoms with Crippen molar-refractivity contribution in [3.05, 3.63) is 59.1 Å². The Kier molecular flexibility index (Phi) is 6.63. The highest BCUT2D eigenvalue weighted by Crippen LogP contribution is 2.13. The largest absolute Gasteiger partial charge is 0.376 e. The maximum atomic E-state index is 11.9. The number of hydrogen-bond acceptors (Lipinski definition) is 3. The van der Waals surface area contributed by atoms with E-state index in [-0.39, 0.29) is 18.4 Å². The molecule has 0 radical (unpaired) electrons. The van der Waals surface area contributed by atoms with Crippen molar-refractivity contribution in [3.8, 4) is 0 Å². The Morgan fingerprint density at radius 1 is 0.958 bits per heavy atom. The molecular formula is C18H20ClN3O2.